The zero-order valence-corrected chi connectivity index (χ0v) is 11.6. The van der Waals surface area contributed by atoms with E-state index in [1.165, 1.54) is 19.1 Å². The Kier molecular flexibility index (Phi) is 2.74. The number of carbonyl (C=O) groups is 1. The molecule has 20 heavy (non-hydrogen) atoms. The molecule has 4 bridgehead atoms. The number of fused-ring (bicyclic) bond motifs is 1. The van der Waals surface area contributed by atoms with Gasteiger partial charge in [0.2, 0.25) is 0 Å². The minimum absolute atomic E-state index is 0.00807. The highest BCUT2D eigenvalue weighted by atomic mass is 16.5. The van der Waals surface area contributed by atoms with Crippen LogP contribution in [0.2, 0.25) is 0 Å². The Morgan fingerprint density at radius 3 is 3.15 bits per heavy atom. The SMILES string of the molecule is COC(=O)[C@H]1C2CC3CCC1N3C/C2=C/c1ccco1. The van der Waals surface area contributed by atoms with E-state index in [0.717, 1.165) is 25.1 Å². The normalized spacial score (nSPS) is 40.2. The molecular weight excluding hydrogens is 254 g/mol. The molecule has 0 amide bonds. The molecule has 1 aromatic heterocycles. The van der Waals surface area contributed by atoms with Crippen molar-refractivity contribution in [2.75, 3.05) is 13.7 Å². The molecule has 0 aromatic carbocycles. The van der Waals surface area contributed by atoms with Crippen molar-refractivity contribution in [1.82, 2.24) is 4.90 Å². The fraction of sp³-hybridized carbons (Fsp3) is 0.562. The molecule has 0 radical (unpaired) electrons. The monoisotopic (exact) mass is 273 g/mol. The van der Waals surface area contributed by atoms with Crippen molar-refractivity contribution in [2.45, 2.75) is 31.3 Å². The van der Waals surface area contributed by atoms with Gasteiger partial charge in [-0.05, 0) is 49.0 Å². The average molecular weight is 273 g/mol. The van der Waals surface area contributed by atoms with Crippen LogP contribution in [0.1, 0.15) is 25.0 Å². The Morgan fingerprint density at radius 1 is 1.50 bits per heavy atom. The van der Waals surface area contributed by atoms with Gasteiger partial charge in [-0.25, -0.2) is 0 Å². The topological polar surface area (TPSA) is 42.7 Å². The number of hydrogen-bond acceptors (Lipinski definition) is 4. The predicted molar refractivity (Wildman–Crippen MR) is 73.8 cm³/mol. The summed E-state index contributed by atoms with van der Waals surface area (Å²) in [4.78, 5) is 14.7. The largest absolute Gasteiger partial charge is 0.469 e. The van der Waals surface area contributed by atoms with E-state index in [2.05, 4.69) is 11.0 Å². The highest BCUT2D eigenvalue weighted by molar-refractivity contribution is 5.75. The van der Waals surface area contributed by atoms with Crippen molar-refractivity contribution in [3.63, 3.8) is 0 Å². The lowest BCUT2D eigenvalue weighted by atomic mass is 9.71. The average Bonchev–Trinajstić information content (AvgIpc) is 3.07. The first-order chi connectivity index (χ1) is 9.78. The van der Waals surface area contributed by atoms with Gasteiger partial charge in [0.05, 0.1) is 19.3 Å². The second-order valence-electron chi connectivity index (χ2n) is 6.10. The van der Waals surface area contributed by atoms with Gasteiger partial charge >= 0.3 is 5.97 Å². The number of ether oxygens (including phenoxy) is 1. The smallest absolute Gasteiger partial charge is 0.310 e. The van der Waals surface area contributed by atoms with E-state index in [-0.39, 0.29) is 11.9 Å². The number of nitrogens with zero attached hydrogens (tertiary/aromatic N) is 1. The van der Waals surface area contributed by atoms with Crippen molar-refractivity contribution in [3.8, 4) is 0 Å². The van der Waals surface area contributed by atoms with Crippen LogP contribution < -0.4 is 0 Å². The first-order valence-corrected chi connectivity index (χ1v) is 7.35. The van der Waals surface area contributed by atoms with Crippen LogP contribution in [0.5, 0.6) is 0 Å². The molecule has 106 valence electrons. The molecule has 0 aliphatic carbocycles. The zero-order valence-electron chi connectivity index (χ0n) is 11.6. The van der Waals surface area contributed by atoms with E-state index in [1.807, 2.05) is 12.1 Å². The maximum Gasteiger partial charge on any atom is 0.310 e. The van der Waals surface area contributed by atoms with Crippen molar-refractivity contribution >= 4 is 12.0 Å². The van der Waals surface area contributed by atoms with Gasteiger partial charge in [-0.2, -0.15) is 0 Å². The Hall–Kier alpha value is -1.55. The summed E-state index contributed by atoms with van der Waals surface area (Å²) in [5.41, 5.74) is 1.32. The van der Waals surface area contributed by atoms with Crippen molar-refractivity contribution < 1.29 is 13.9 Å². The molecule has 4 aliphatic heterocycles. The van der Waals surface area contributed by atoms with Gasteiger partial charge in [0.15, 0.2) is 0 Å². The standard InChI is InChI=1S/C16H19NO3/c1-19-16(18)15-13-8-11-4-5-14(15)17(11)9-10(13)7-12-3-2-6-20-12/h2-3,6-7,11,13-15H,4-5,8-9H2,1H3/b10-7-/t11?,13?,14?,15-/m0/s1. The second-order valence-corrected chi connectivity index (χ2v) is 6.10. The first-order valence-electron chi connectivity index (χ1n) is 7.35. The van der Waals surface area contributed by atoms with Crippen LogP contribution in [0.15, 0.2) is 28.4 Å². The Balaban J connectivity index is 1.70. The number of rotatable bonds is 2. The molecule has 4 unspecified atom stereocenters. The third-order valence-corrected chi connectivity index (χ3v) is 5.25. The van der Waals surface area contributed by atoms with Crippen LogP contribution in [-0.4, -0.2) is 36.6 Å². The van der Waals surface area contributed by atoms with Crippen LogP contribution >= 0.6 is 0 Å². The Bertz CT molecular complexity index is 548. The summed E-state index contributed by atoms with van der Waals surface area (Å²) >= 11 is 0. The second kappa shape index (κ2) is 4.48. The van der Waals surface area contributed by atoms with Crippen LogP contribution in [0.4, 0.5) is 0 Å². The van der Waals surface area contributed by atoms with E-state index >= 15 is 0 Å². The number of carbonyl (C=O) groups excluding carboxylic acids is 1. The van der Waals surface area contributed by atoms with Gasteiger partial charge in [0, 0.05) is 18.6 Å². The number of hydrogen-bond donors (Lipinski definition) is 0. The molecule has 5 heterocycles. The Labute approximate surface area is 118 Å². The maximum absolute atomic E-state index is 12.2. The molecule has 5 atom stereocenters. The van der Waals surface area contributed by atoms with E-state index in [9.17, 15) is 4.79 Å². The van der Waals surface area contributed by atoms with E-state index in [0.29, 0.717) is 18.0 Å². The third kappa shape index (κ3) is 1.67. The van der Waals surface area contributed by atoms with E-state index in [1.54, 1.807) is 6.26 Å². The molecule has 5 rings (SSSR count). The predicted octanol–water partition coefficient (Wildman–Crippen LogP) is 2.32. The van der Waals surface area contributed by atoms with Crippen molar-refractivity contribution in [3.05, 3.63) is 29.7 Å². The molecule has 0 N–H and O–H groups in total. The summed E-state index contributed by atoms with van der Waals surface area (Å²) in [6, 6.07) is 4.92. The molecule has 0 saturated carbocycles. The lowest BCUT2D eigenvalue weighted by Crippen LogP contribution is -2.58. The first kappa shape index (κ1) is 12.2. The highest BCUT2D eigenvalue weighted by Gasteiger charge is 2.55. The Morgan fingerprint density at radius 2 is 2.40 bits per heavy atom. The van der Waals surface area contributed by atoms with Crippen LogP contribution in [0.3, 0.4) is 0 Å². The van der Waals surface area contributed by atoms with Gasteiger partial charge in [0.1, 0.15) is 5.76 Å². The summed E-state index contributed by atoms with van der Waals surface area (Å²) in [5.74, 6) is 1.17. The fourth-order valence-corrected chi connectivity index (χ4v) is 4.44. The van der Waals surface area contributed by atoms with Crippen LogP contribution in [0, 0.1) is 11.8 Å². The van der Waals surface area contributed by atoms with Gasteiger partial charge < -0.3 is 9.15 Å². The minimum Gasteiger partial charge on any atom is -0.469 e. The maximum atomic E-state index is 12.2. The third-order valence-electron chi connectivity index (χ3n) is 5.25. The molecule has 1 aromatic rings. The number of esters is 1. The minimum atomic E-state index is -0.0459. The van der Waals surface area contributed by atoms with E-state index in [4.69, 9.17) is 9.15 Å². The lowest BCUT2D eigenvalue weighted by Gasteiger charge is -2.50. The molecule has 4 heteroatoms. The summed E-state index contributed by atoms with van der Waals surface area (Å²) in [5, 5.41) is 0. The number of piperidine rings is 3. The molecule has 4 aliphatic rings. The van der Waals surface area contributed by atoms with Crippen molar-refractivity contribution in [2.24, 2.45) is 11.8 Å². The molecule has 0 spiro atoms. The number of furan rings is 1. The van der Waals surface area contributed by atoms with Gasteiger partial charge in [-0.1, -0.05) is 0 Å². The number of methoxy groups -OCH3 is 1. The van der Waals surface area contributed by atoms with Gasteiger partial charge in [-0.3, -0.25) is 9.69 Å². The highest BCUT2D eigenvalue weighted by Crippen LogP contribution is 2.50. The van der Waals surface area contributed by atoms with Crippen molar-refractivity contribution in [1.29, 1.82) is 0 Å². The van der Waals surface area contributed by atoms with Crippen LogP contribution in [0.25, 0.3) is 6.08 Å². The summed E-state index contributed by atoms with van der Waals surface area (Å²) in [7, 11) is 1.50. The van der Waals surface area contributed by atoms with Gasteiger partial charge in [-0.15, -0.1) is 0 Å². The quantitative estimate of drug-likeness (QED) is 0.776. The fourth-order valence-electron chi connectivity index (χ4n) is 4.44. The van der Waals surface area contributed by atoms with Crippen LogP contribution in [-0.2, 0) is 9.53 Å². The molecule has 4 fully saturated rings. The van der Waals surface area contributed by atoms with Gasteiger partial charge in [0.25, 0.3) is 0 Å². The lowest BCUT2D eigenvalue weighted by molar-refractivity contribution is -0.153. The molecule has 4 saturated heterocycles. The summed E-state index contributed by atoms with van der Waals surface area (Å²) in [6.45, 7) is 0.980. The molecular formula is C16H19NO3. The van der Waals surface area contributed by atoms with E-state index < -0.39 is 0 Å². The molecule has 4 nitrogen and oxygen atoms in total. The summed E-state index contributed by atoms with van der Waals surface area (Å²) in [6.07, 6.45) is 7.25. The summed E-state index contributed by atoms with van der Waals surface area (Å²) < 4.78 is 10.5. The zero-order chi connectivity index (χ0) is 13.7.